The van der Waals surface area contributed by atoms with Gasteiger partial charge in [-0.15, -0.1) is 10.2 Å². The van der Waals surface area contributed by atoms with Crippen molar-refractivity contribution in [2.75, 3.05) is 5.32 Å². The highest BCUT2D eigenvalue weighted by molar-refractivity contribution is 5.59. The zero-order chi connectivity index (χ0) is 17.1. The van der Waals surface area contributed by atoms with E-state index in [0.717, 1.165) is 16.8 Å². The third-order valence-electron chi connectivity index (χ3n) is 3.74. The Kier molecular flexibility index (Phi) is 4.37. The highest BCUT2D eigenvalue weighted by Crippen LogP contribution is 2.17. The first kappa shape index (κ1) is 15.9. The molecule has 0 saturated heterocycles. The van der Waals surface area contributed by atoms with Crippen LogP contribution in [0, 0.1) is 19.7 Å². The summed E-state index contributed by atoms with van der Waals surface area (Å²) in [4.78, 5) is 14.8. The topological polar surface area (TPSA) is 70.7 Å². The SMILES string of the molecule is Cc1cc(C)c(CNc2ccc(-c3ccc(F)cc3)nn2)c(=O)[nH]1. The first-order chi connectivity index (χ1) is 11.5. The molecule has 122 valence electrons. The minimum atomic E-state index is -0.288. The molecule has 0 aliphatic carbocycles. The molecule has 0 saturated carbocycles. The van der Waals surface area contributed by atoms with Crippen molar-refractivity contribution in [2.45, 2.75) is 20.4 Å². The van der Waals surface area contributed by atoms with Gasteiger partial charge in [0, 0.05) is 23.4 Å². The molecule has 2 aromatic heterocycles. The van der Waals surface area contributed by atoms with Crippen LogP contribution in [0.4, 0.5) is 10.2 Å². The Morgan fingerprint density at radius 3 is 2.46 bits per heavy atom. The van der Waals surface area contributed by atoms with Gasteiger partial charge in [-0.3, -0.25) is 4.79 Å². The Bertz CT molecular complexity index is 902. The van der Waals surface area contributed by atoms with Gasteiger partial charge in [0.2, 0.25) is 0 Å². The molecule has 0 unspecified atom stereocenters. The predicted octanol–water partition coefficient (Wildman–Crippen LogP) is 3.20. The molecular weight excluding hydrogens is 307 g/mol. The molecule has 0 amide bonds. The summed E-state index contributed by atoms with van der Waals surface area (Å²) in [7, 11) is 0. The average Bonchev–Trinajstić information content (AvgIpc) is 2.55. The van der Waals surface area contributed by atoms with Crippen molar-refractivity contribution in [3.8, 4) is 11.3 Å². The normalized spacial score (nSPS) is 10.6. The highest BCUT2D eigenvalue weighted by Gasteiger charge is 2.06. The molecule has 6 heteroatoms. The number of hydrogen-bond acceptors (Lipinski definition) is 4. The lowest BCUT2D eigenvalue weighted by Gasteiger charge is -2.08. The van der Waals surface area contributed by atoms with E-state index in [2.05, 4.69) is 20.5 Å². The first-order valence-corrected chi connectivity index (χ1v) is 7.56. The number of aromatic nitrogens is 3. The van der Waals surface area contributed by atoms with Gasteiger partial charge in [0.1, 0.15) is 11.6 Å². The molecule has 2 N–H and O–H groups in total. The number of pyridine rings is 1. The molecule has 2 heterocycles. The lowest BCUT2D eigenvalue weighted by Crippen LogP contribution is -2.18. The lowest BCUT2D eigenvalue weighted by atomic mass is 10.1. The Hall–Kier alpha value is -3.02. The molecule has 3 rings (SSSR count). The number of anilines is 1. The maximum atomic E-state index is 12.9. The molecule has 0 atom stereocenters. The van der Waals surface area contributed by atoms with E-state index in [1.807, 2.05) is 19.9 Å². The van der Waals surface area contributed by atoms with Gasteiger partial charge >= 0.3 is 0 Å². The molecule has 0 radical (unpaired) electrons. The average molecular weight is 324 g/mol. The van der Waals surface area contributed by atoms with E-state index >= 15 is 0 Å². The van der Waals surface area contributed by atoms with Crippen LogP contribution >= 0.6 is 0 Å². The van der Waals surface area contributed by atoms with E-state index in [1.54, 1.807) is 24.3 Å². The number of hydrogen-bond donors (Lipinski definition) is 2. The number of H-pyrrole nitrogens is 1. The van der Waals surface area contributed by atoms with Crippen LogP contribution in [0.5, 0.6) is 0 Å². The number of aromatic amines is 1. The summed E-state index contributed by atoms with van der Waals surface area (Å²) in [6.07, 6.45) is 0. The number of benzene rings is 1. The second-order valence-electron chi connectivity index (χ2n) is 5.61. The smallest absolute Gasteiger partial charge is 0.253 e. The highest BCUT2D eigenvalue weighted by atomic mass is 19.1. The monoisotopic (exact) mass is 324 g/mol. The zero-order valence-electron chi connectivity index (χ0n) is 13.4. The molecule has 1 aromatic carbocycles. The van der Waals surface area contributed by atoms with E-state index in [4.69, 9.17) is 0 Å². The maximum absolute atomic E-state index is 12.9. The van der Waals surface area contributed by atoms with E-state index in [1.165, 1.54) is 12.1 Å². The molecule has 24 heavy (non-hydrogen) atoms. The lowest BCUT2D eigenvalue weighted by molar-refractivity contribution is 0.628. The van der Waals surface area contributed by atoms with E-state index in [9.17, 15) is 9.18 Å². The fraction of sp³-hybridized carbons (Fsp3) is 0.167. The standard InChI is InChI=1S/C18H17FN4O/c1-11-9-12(2)21-18(24)15(11)10-20-17-8-7-16(22-23-17)13-3-5-14(19)6-4-13/h3-9H,10H2,1-2H3,(H,20,23)(H,21,24). The van der Waals surface area contributed by atoms with Gasteiger partial charge in [-0.2, -0.15) is 0 Å². The van der Waals surface area contributed by atoms with Crippen molar-refractivity contribution < 1.29 is 4.39 Å². The van der Waals surface area contributed by atoms with Crippen molar-refractivity contribution in [3.63, 3.8) is 0 Å². The summed E-state index contributed by atoms with van der Waals surface area (Å²) in [5, 5.41) is 11.3. The minimum absolute atomic E-state index is 0.101. The van der Waals surface area contributed by atoms with Crippen molar-refractivity contribution >= 4 is 5.82 Å². The summed E-state index contributed by atoms with van der Waals surface area (Å²) in [6, 6.07) is 11.6. The summed E-state index contributed by atoms with van der Waals surface area (Å²) in [5.41, 5.74) is 3.79. The van der Waals surface area contributed by atoms with Crippen LogP contribution in [0.2, 0.25) is 0 Å². The van der Waals surface area contributed by atoms with Crippen LogP contribution in [0.1, 0.15) is 16.8 Å². The summed E-state index contributed by atoms with van der Waals surface area (Å²) in [6.45, 7) is 4.12. The molecule has 0 bridgehead atoms. The fourth-order valence-electron chi connectivity index (χ4n) is 2.48. The van der Waals surface area contributed by atoms with Gasteiger partial charge in [-0.05, 0) is 61.9 Å². The van der Waals surface area contributed by atoms with Gasteiger partial charge in [-0.1, -0.05) is 0 Å². The van der Waals surface area contributed by atoms with Gasteiger partial charge in [-0.25, -0.2) is 4.39 Å². The van der Waals surface area contributed by atoms with Crippen molar-refractivity contribution in [1.82, 2.24) is 15.2 Å². The first-order valence-electron chi connectivity index (χ1n) is 7.56. The Morgan fingerprint density at radius 1 is 1.08 bits per heavy atom. The second-order valence-corrected chi connectivity index (χ2v) is 5.61. The maximum Gasteiger partial charge on any atom is 0.253 e. The number of halogens is 1. The number of nitrogens with one attached hydrogen (secondary N) is 2. The Balaban J connectivity index is 1.73. The van der Waals surface area contributed by atoms with Crippen LogP contribution in [0.3, 0.4) is 0 Å². The van der Waals surface area contributed by atoms with E-state index in [-0.39, 0.29) is 11.4 Å². The third kappa shape index (κ3) is 3.48. The van der Waals surface area contributed by atoms with Gasteiger partial charge in [0.15, 0.2) is 0 Å². The summed E-state index contributed by atoms with van der Waals surface area (Å²) < 4.78 is 12.9. The molecule has 3 aromatic rings. The van der Waals surface area contributed by atoms with Crippen molar-refractivity contribution in [3.05, 3.63) is 75.5 Å². The molecular formula is C18H17FN4O. The van der Waals surface area contributed by atoms with E-state index in [0.29, 0.717) is 23.6 Å². The zero-order valence-corrected chi connectivity index (χ0v) is 13.4. The van der Waals surface area contributed by atoms with Crippen molar-refractivity contribution in [2.24, 2.45) is 0 Å². The summed E-state index contributed by atoms with van der Waals surface area (Å²) in [5.74, 6) is 0.281. The number of rotatable bonds is 4. The molecule has 0 spiro atoms. The van der Waals surface area contributed by atoms with Crippen LogP contribution in [0.15, 0.2) is 47.3 Å². The van der Waals surface area contributed by atoms with Crippen LogP contribution < -0.4 is 10.9 Å². The Morgan fingerprint density at radius 2 is 1.83 bits per heavy atom. The van der Waals surface area contributed by atoms with Gasteiger partial charge in [0.05, 0.1) is 5.69 Å². The Labute approximate surface area is 138 Å². The number of nitrogens with zero attached hydrogens (tertiary/aromatic N) is 2. The molecule has 0 aliphatic rings. The van der Waals surface area contributed by atoms with Crippen molar-refractivity contribution in [1.29, 1.82) is 0 Å². The fourth-order valence-corrected chi connectivity index (χ4v) is 2.48. The van der Waals surface area contributed by atoms with Crippen LogP contribution in [-0.2, 0) is 6.54 Å². The van der Waals surface area contributed by atoms with Crippen LogP contribution in [0.25, 0.3) is 11.3 Å². The minimum Gasteiger partial charge on any atom is -0.364 e. The quantitative estimate of drug-likeness (QED) is 0.773. The van der Waals surface area contributed by atoms with Gasteiger partial charge < -0.3 is 10.3 Å². The van der Waals surface area contributed by atoms with Crippen LogP contribution in [-0.4, -0.2) is 15.2 Å². The van der Waals surface area contributed by atoms with Gasteiger partial charge in [0.25, 0.3) is 5.56 Å². The van der Waals surface area contributed by atoms with E-state index < -0.39 is 0 Å². The third-order valence-corrected chi connectivity index (χ3v) is 3.74. The second kappa shape index (κ2) is 6.62. The summed E-state index contributed by atoms with van der Waals surface area (Å²) >= 11 is 0. The molecule has 5 nitrogen and oxygen atoms in total. The largest absolute Gasteiger partial charge is 0.364 e. The number of aryl methyl sites for hydroxylation is 2. The molecule has 0 aliphatic heterocycles. The molecule has 0 fully saturated rings. The predicted molar refractivity (Wildman–Crippen MR) is 91.3 cm³/mol.